The molecule has 8 atom stereocenters. The molecule has 0 spiro atoms. The summed E-state index contributed by atoms with van der Waals surface area (Å²) in [4.78, 5) is 26.5. The molecule has 1 saturated heterocycles. The van der Waals surface area contributed by atoms with E-state index in [4.69, 9.17) is 14.2 Å². The van der Waals surface area contributed by atoms with Gasteiger partial charge in [-0.3, -0.25) is 9.59 Å². The molecule has 1 rings (SSSR count). The second-order valence-corrected chi connectivity index (χ2v) is 20.8. The molecule has 0 aliphatic carbocycles. The Morgan fingerprint density at radius 2 is 0.986 bits per heavy atom. The van der Waals surface area contributed by atoms with Gasteiger partial charge in [0.15, 0.2) is 12.4 Å². The number of hydrogen-bond acceptors (Lipinski definition) is 10. The predicted octanol–water partition coefficient (Wildman–Crippen LogP) is 13.8. The van der Waals surface area contributed by atoms with Crippen molar-refractivity contribution in [3.63, 3.8) is 0 Å². The number of aliphatic hydroxyl groups is 5. The average Bonchev–Trinajstić information content (AvgIpc) is 3.39. The second-order valence-electron chi connectivity index (χ2n) is 20.8. The molecule has 73 heavy (non-hydrogen) atoms. The van der Waals surface area contributed by atoms with Crippen LogP contribution in [0.5, 0.6) is 0 Å². The minimum atomic E-state index is -1.62. The van der Waals surface area contributed by atoms with Crippen molar-refractivity contribution < 1.29 is 49.3 Å². The third-order valence-electron chi connectivity index (χ3n) is 14.0. The van der Waals surface area contributed by atoms with Crippen molar-refractivity contribution in [2.24, 2.45) is 0 Å². The zero-order valence-corrected chi connectivity index (χ0v) is 46.7. The van der Waals surface area contributed by atoms with Crippen LogP contribution in [-0.4, -0.2) is 99.6 Å². The van der Waals surface area contributed by atoms with E-state index >= 15 is 0 Å². The summed E-state index contributed by atoms with van der Waals surface area (Å²) in [6, 6.07) is -1.04. The van der Waals surface area contributed by atoms with Crippen molar-refractivity contribution in [2.45, 2.75) is 307 Å². The summed E-state index contributed by atoms with van der Waals surface area (Å²) in [5, 5.41) is 56.9. The molecule has 424 valence electrons. The maximum atomic E-state index is 13.4. The fourth-order valence-corrected chi connectivity index (χ4v) is 9.25. The van der Waals surface area contributed by atoms with E-state index < -0.39 is 67.4 Å². The first-order valence-electron chi connectivity index (χ1n) is 30.1. The van der Waals surface area contributed by atoms with Gasteiger partial charge >= 0.3 is 5.97 Å². The first-order chi connectivity index (χ1) is 35.7. The third kappa shape index (κ3) is 38.5. The lowest BCUT2D eigenvalue weighted by Gasteiger charge is -2.41. The summed E-state index contributed by atoms with van der Waals surface area (Å²) in [5.74, 6) is -1.21. The Bertz CT molecular complexity index is 1420. The molecule has 0 aromatic carbocycles. The normalized spacial score (nSPS) is 19.8. The molecule has 8 unspecified atom stereocenters. The molecular weight excluding hydrogens is 919 g/mol. The van der Waals surface area contributed by atoms with Crippen LogP contribution in [0.4, 0.5) is 0 Å². The molecule has 1 fully saturated rings. The van der Waals surface area contributed by atoms with Gasteiger partial charge in [0.25, 0.3) is 0 Å². The highest BCUT2D eigenvalue weighted by atomic mass is 16.7. The van der Waals surface area contributed by atoms with Gasteiger partial charge < -0.3 is 45.1 Å². The third-order valence-corrected chi connectivity index (χ3v) is 14.0. The van der Waals surface area contributed by atoms with E-state index in [-0.39, 0.29) is 19.4 Å². The monoisotopic (exact) mass is 1030 g/mol. The number of carbonyl (C=O) groups excluding carboxylic acids is 2. The number of unbranched alkanes of at least 4 members (excludes halogenated alkanes) is 31. The molecule has 1 aliphatic heterocycles. The molecule has 6 N–H and O–H groups in total. The topological polar surface area (TPSA) is 175 Å². The molecule has 0 radical (unpaired) electrons. The van der Waals surface area contributed by atoms with E-state index in [0.717, 1.165) is 70.6 Å². The molecular formula is C62H111NO10. The highest BCUT2D eigenvalue weighted by Gasteiger charge is 2.47. The Balaban J connectivity index is 2.72. The molecule has 0 bridgehead atoms. The quantitative estimate of drug-likeness (QED) is 0.0149. The minimum Gasteiger partial charge on any atom is -0.454 e. The molecule has 0 aromatic heterocycles. The van der Waals surface area contributed by atoms with Crippen LogP contribution in [0, 0.1) is 0 Å². The maximum Gasteiger partial charge on any atom is 0.306 e. The van der Waals surface area contributed by atoms with Crippen LogP contribution in [0.2, 0.25) is 0 Å². The van der Waals surface area contributed by atoms with Gasteiger partial charge in [0.1, 0.15) is 24.4 Å². The van der Waals surface area contributed by atoms with Gasteiger partial charge in [-0.2, -0.15) is 0 Å². The van der Waals surface area contributed by atoms with E-state index in [1.54, 1.807) is 6.08 Å². The number of ether oxygens (including phenoxy) is 3. The summed E-state index contributed by atoms with van der Waals surface area (Å²) in [6.45, 7) is 5.64. The Hall–Kier alpha value is -2.64. The summed E-state index contributed by atoms with van der Waals surface area (Å²) >= 11 is 0. The Kier molecular flexibility index (Phi) is 47.0. The summed E-state index contributed by atoms with van der Waals surface area (Å²) < 4.78 is 17.6. The summed E-state index contributed by atoms with van der Waals surface area (Å²) in [5.41, 5.74) is 0. The van der Waals surface area contributed by atoms with Gasteiger partial charge in [0, 0.05) is 6.42 Å². The molecule has 11 nitrogen and oxygen atoms in total. The highest BCUT2D eigenvalue weighted by molar-refractivity contribution is 5.80. The fraction of sp³-hybridized carbons (Fsp3) is 0.806. The SMILES string of the molecule is CC/C=C/C=C/C=C/C=C\CCCCCCC(O)C(=O)NC(COC1OC(CO)C(O)C(O)C1OC(=O)CCCCCCCCCCCCCCCCCCC)C(O)/C=C/CCCCCCCCCCCCC. The average molecular weight is 1030 g/mol. The fourth-order valence-electron chi connectivity index (χ4n) is 9.25. The number of nitrogens with one attached hydrogen (secondary N) is 1. The van der Waals surface area contributed by atoms with Gasteiger partial charge in [-0.25, -0.2) is 0 Å². The van der Waals surface area contributed by atoms with Gasteiger partial charge in [0.05, 0.1) is 25.4 Å². The van der Waals surface area contributed by atoms with E-state index in [1.165, 1.54) is 141 Å². The van der Waals surface area contributed by atoms with Crippen LogP contribution in [-0.2, 0) is 23.8 Å². The zero-order chi connectivity index (χ0) is 53.3. The van der Waals surface area contributed by atoms with Crippen molar-refractivity contribution in [3.8, 4) is 0 Å². The lowest BCUT2D eigenvalue weighted by molar-refractivity contribution is -0.305. The summed E-state index contributed by atoms with van der Waals surface area (Å²) in [7, 11) is 0. The highest BCUT2D eigenvalue weighted by Crippen LogP contribution is 2.26. The lowest BCUT2D eigenvalue weighted by Crippen LogP contribution is -2.61. The Morgan fingerprint density at radius 3 is 1.48 bits per heavy atom. The maximum absolute atomic E-state index is 13.4. The van der Waals surface area contributed by atoms with Crippen molar-refractivity contribution in [2.75, 3.05) is 13.2 Å². The molecule has 0 aromatic rings. The summed E-state index contributed by atoms with van der Waals surface area (Å²) in [6.07, 6.45) is 51.1. The van der Waals surface area contributed by atoms with Crippen LogP contribution in [0.1, 0.15) is 258 Å². The first-order valence-corrected chi connectivity index (χ1v) is 30.1. The number of allylic oxidation sites excluding steroid dienone is 9. The van der Waals surface area contributed by atoms with Gasteiger partial charge in [0.2, 0.25) is 5.91 Å². The van der Waals surface area contributed by atoms with Crippen LogP contribution in [0.25, 0.3) is 0 Å². The van der Waals surface area contributed by atoms with E-state index in [0.29, 0.717) is 12.8 Å². The predicted molar refractivity (Wildman–Crippen MR) is 301 cm³/mol. The number of rotatable bonds is 50. The van der Waals surface area contributed by atoms with Crippen molar-refractivity contribution in [1.29, 1.82) is 0 Å². The van der Waals surface area contributed by atoms with Gasteiger partial charge in [-0.05, 0) is 44.9 Å². The number of hydrogen-bond donors (Lipinski definition) is 6. The van der Waals surface area contributed by atoms with E-state index in [9.17, 15) is 35.1 Å². The van der Waals surface area contributed by atoms with Crippen LogP contribution < -0.4 is 5.32 Å². The Morgan fingerprint density at radius 1 is 0.548 bits per heavy atom. The van der Waals surface area contributed by atoms with Crippen molar-refractivity contribution in [3.05, 3.63) is 60.8 Å². The van der Waals surface area contributed by atoms with Crippen molar-refractivity contribution in [1.82, 2.24) is 5.32 Å². The minimum absolute atomic E-state index is 0.123. The van der Waals surface area contributed by atoms with Crippen LogP contribution in [0.3, 0.4) is 0 Å². The Labute approximate surface area is 446 Å². The molecule has 11 heteroatoms. The largest absolute Gasteiger partial charge is 0.454 e. The molecule has 0 saturated carbocycles. The van der Waals surface area contributed by atoms with E-state index in [1.807, 2.05) is 42.5 Å². The second kappa shape index (κ2) is 50.2. The van der Waals surface area contributed by atoms with Gasteiger partial charge in [-0.1, -0.05) is 268 Å². The zero-order valence-electron chi connectivity index (χ0n) is 46.7. The molecule has 1 heterocycles. The molecule has 1 aliphatic rings. The first kappa shape index (κ1) is 68.4. The van der Waals surface area contributed by atoms with Crippen LogP contribution in [0.15, 0.2) is 60.8 Å². The molecule has 1 amide bonds. The number of carbonyl (C=O) groups is 2. The van der Waals surface area contributed by atoms with Crippen LogP contribution >= 0.6 is 0 Å². The lowest BCUT2D eigenvalue weighted by atomic mass is 9.99. The number of aliphatic hydroxyl groups excluding tert-OH is 5. The van der Waals surface area contributed by atoms with E-state index in [2.05, 4.69) is 38.2 Å². The van der Waals surface area contributed by atoms with Crippen molar-refractivity contribution >= 4 is 11.9 Å². The standard InChI is InChI=1S/C62H111NO10/c1-4-7-10-13-16-19-22-25-27-28-29-32-35-38-41-44-47-50-57(67)73-60-59(69)58(68)56(51-64)72-62(60)71-52-53(54(65)48-45-42-39-36-33-30-24-21-18-15-12-9-6-3)63-61(70)55(66)49-46-43-40-37-34-31-26-23-20-17-14-11-8-5-2/h8,11,14,17,20,23,26,31,45,48,53-56,58-60,62,64-66,68-69H,4-7,9-10,12-13,15-16,18-19,21-22,24-25,27-30,32-44,46-47,49-52H2,1-3H3,(H,63,70)/b11-8+,17-14+,23-20+,31-26-,48-45+. The number of amides is 1. The smallest absolute Gasteiger partial charge is 0.306 e. The van der Waals surface area contributed by atoms with Gasteiger partial charge in [-0.15, -0.1) is 0 Å². The number of esters is 1.